The lowest BCUT2D eigenvalue weighted by atomic mass is 10.1. The van der Waals surface area contributed by atoms with Crippen LogP contribution in [0.2, 0.25) is 0 Å². The molecule has 0 aliphatic heterocycles. The van der Waals surface area contributed by atoms with Crippen molar-refractivity contribution in [3.63, 3.8) is 0 Å². The number of nitrogens with two attached hydrogens (primary N) is 1. The summed E-state index contributed by atoms with van der Waals surface area (Å²) in [4.78, 5) is 9.08. The van der Waals surface area contributed by atoms with Crippen molar-refractivity contribution in [2.24, 2.45) is 5.73 Å². The van der Waals surface area contributed by atoms with Gasteiger partial charge in [0.15, 0.2) is 0 Å². The maximum absolute atomic E-state index is 5.95. The molecule has 0 radical (unpaired) electrons. The number of nitrogens with zero attached hydrogens (tertiary/aromatic N) is 3. The van der Waals surface area contributed by atoms with E-state index in [-0.39, 0.29) is 6.04 Å². The molecule has 0 bridgehead atoms. The van der Waals surface area contributed by atoms with Gasteiger partial charge >= 0.3 is 0 Å². The van der Waals surface area contributed by atoms with Gasteiger partial charge in [0.25, 0.3) is 0 Å². The number of rotatable bonds is 8. The molecule has 0 amide bonds. The molecule has 1 aromatic rings. The Morgan fingerprint density at radius 2 is 2.00 bits per heavy atom. The summed E-state index contributed by atoms with van der Waals surface area (Å²) in [5.41, 5.74) is 7.02. The van der Waals surface area contributed by atoms with Crippen molar-refractivity contribution >= 4 is 0 Å². The molecule has 0 fully saturated rings. The monoisotopic (exact) mass is 250 g/mol. The van der Waals surface area contributed by atoms with E-state index in [1.807, 2.05) is 18.3 Å². The molecular formula is C14H26N4. The Hall–Kier alpha value is -0.970. The van der Waals surface area contributed by atoms with Crippen LogP contribution in [-0.2, 0) is 0 Å². The maximum Gasteiger partial charge on any atom is 0.0644 e. The van der Waals surface area contributed by atoms with Gasteiger partial charge in [0.2, 0.25) is 0 Å². The van der Waals surface area contributed by atoms with Crippen LogP contribution in [0.5, 0.6) is 0 Å². The average Bonchev–Trinajstić information content (AvgIpc) is 2.38. The molecule has 0 aliphatic rings. The number of likely N-dealkylation sites (N-methyl/N-ethyl adjacent to an activating group) is 1. The van der Waals surface area contributed by atoms with E-state index in [1.54, 1.807) is 0 Å². The first-order chi connectivity index (χ1) is 8.69. The van der Waals surface area contributed by atoms with Gasteiger partial charge in [-0.2, -0.15) is 0 Å². The lowest BCUT2D eigenvalue weighted by Gasteiger charge is -2.31. The van der Waals surface area contributed by atoms with Gasteiger partial charge in [0, 0.05) is 25.8 Å². The van der Waals surface area contributed by atoms with Crippen molar-refractivity contribution < 1.29 is 0 Å². The van der Waals surface area contributed by atoms with E-state index >= 15 is 0 Å². The molecule has 0 aliphatic carbocycles. The van der Waals surface area contributed by atoms with E-state index in [4.69, 9.17) is 5.73 Å². The number of pyridine rings is 1. The average molecular weight is 250 g/mol. The highest BCUT2D eigenvalue weighted by Crippen LogP contribution is 2.17. The highest BCUT2D eigenvalue weighted by Gasteiger charge is 2.19. The van der Waals surface area contributed by atoms with Crippen LogP contribution in [0.15, 0.2) is 24.4 Å². The molecule has 102 valence electrons. The molecule has 0 saturated carbocycles. The number of hydrogen-bond acceptors (Lipinski definition) is 4. The number of aromatic nitrogens is 1. The van der Waals surface area contributed by atoms with Crippen molar-refractivity contribution in [3.05, 3.63) is 30.1 Å². The SMILES string of the molecule is CCCN(CCN(C)C)C(CN)c1ccccn1. The zero-order valence-corrected chi connectivity index (χ0v) is 11.8. The van der Waals surface area contributed by atoms with Crippen LogP contribution in [0.3, 0.4) is 0 Å². The summed E-state index contributed by atoms with van der Waals surface area (Å²) < 4.78 is 0. The van der Waals surface area contributed by atoms with E-state index in [0.717, 1.165) is 31.7 Å². The topological polar surface area (TPSA) is 45.4 Å². The molecule has 1 atom stereocenters. The van der Waals surface area contributed by atoms with Gasteiger partial charge in [-0.25, -0.2) is 0 Å². The lowest BCUT2D eigenvalue weighted by molar-refractivity contribution is 0.179. The molecule has 4 heteroatoms. The van der Waals surface area contributed by atoms with Crippen molar-refractivity contribution in [1.82, 2.24) is 14.8 Å². The van der Waals surface area contributed by atoms with Gasteiger partial charge in [-0.05, 0) is 39.2 Å². The van der Waals surface area contributed by atoms with Crippen LogP contribution >= 0.6 is 0 Å². The zero-order chi connectivity index (χ0) is 13.4. The molecule has 1 heterocycles. The van der Waals surface area contributed by atoms with Crippen LogP contribution < -0.4 is 5.73 Å². The van der Waals surface area contributed by atoms with Gasteiger partial charge in [0.05, 0.1) is 11.7 Å². The van der Waals surface area contributed by atoms with Gasteiger partial charge in [0.1, 0.15) is 0 Å². The molecule has 0 aromatic carbocycles. The summed E-state index contributed by atoms with van der Waals surface area (Å²) in [6.07, 6.45) is 2.98. The Morgan fingerprint density at radius 1 is 1.22 bits per heavy atom. The third kappa shape index (κ3) is 4.72. The van der Waals surface area contributed by atoms with E-state index in [9.17, 15) is 0 Å². The minimum Gasteiger partial charge on any atom is -0.329 e. The largest absolute Gasteiger partial charge is 0.329 e. The van der Waals surface area contributed by atoms with Gasteiger partial charge in [-0.15, -0.1) is 0 Å². The quantitative estimate of drug-likeness (QED) is 0.756. The van der Waals surface area contributed by atoms with E-state index in [2.05, 4.69) is 41.9 Å². The Morgan fingerprint density at radius 3 is 2.50 bits per heavy atom. The van der Waals surface area contributed by atoms with E-state index < -0.39 is 0 Å². The second kappa shape index (κ2) is 8.19. The van der Waals surface area contributed by atoms with Gasteiger partial charge < -0.3 is 10.6 Å². The van der Waals surface area contributed by atoms with Crippen molar-refractivity contribution in [2.45, 2.75) is 19.4 Å². The highest BCUT2D eigenvalue weighted by atomic mass is 15.2. The first-order valence-corrected chi connectivity index (χ1v) is 6.68. The van der Waals surface area contributed by atoms with Crippen molar-refractivity contribution in [3.8, 4) is 0 Å². The van der Waals surface area contributed by atoms with E-state index in [1.165, 1.54) is 0 Å². The first kappa shape index (κ1) is 15.1. The van der Waals surface area contributed by atoms with E-state index in [0.29, 0.717) is 6.54 Å². The summed E-state index contributed by atoms with van der Waals surface area (Å²) in [6.45, 7) is 5.95. The predicted molar refractivity (Wildman–Crippen MR) is 76.5 cm³/mol. The van der Waals surface area contributed by atoms with Gasteiger partial charge in [-0.3, -0.25) is 9.88 Å². The molecule has 0 spiro atoms. The molecule has 1 rings (SSSR count). The lowest BCUT2D eigenvalue weighted by Crippen LogP contribution is -2.39. The fraction of sp³-hybridized carbons (Fsp3) is 0.643. The zero-order valence-electron chi connectivity index (χ0n) is 11.8. The summed E-state index contributed by atoms with van der Waals surface area (Å²) in [6, 6.07) is 6.27. The fourth-order valence-corrected chi connectivity index (χ4v) is 2.07. The van der Waals surface area contributed by atoms with Crippen LogP contribution in [0, 0.1) is 0 Å². The first-order valence-electron chi connectivity index (χ1n) is 6.68. The third-order valence-corrected chi connectivity index (χ3v) is 3.04. The van der Waals surface area contributed by atoms with Crippen LogP contribution in [-0.4, -0.2) is 55.1 Å². The van der Waals surface area contributed by atoms with Crippen molar-refractivity contribution in [1.29, 1.82) is 0 Å². The maximum atomic E-state index is 5.95. The predicted octanol–water partition coefficient (Wildman–Crippen LogP) is 1.35. The number of hydrogen-bond donors (Lipinski definition) is 1. The normalized spacial score (nSPS) is 13.2. The second-order valence-corrected chi connectivity index (χ2v) is 4.85. The van der Waals surface area contributed by atoms with Crippen LogP contribution in [0.25, 0.3) is 0 Å². The molecule has 1 unspecified atom stereocenters. The Bertz CT molecular complexity index is 313. The molecule has 4 nitrogen and oxygen atoms in total. The fourth-order valence-electron chi connectivity index (χ4n) is 2.07. The Kier molecular flexibility index (Phi) is 6.86. The highest BCUT2D eigenvalue weighted by molar-refractivity contribution is 5.09. The summed E-state index contributed by atoms with van der Waals surface area (Å²) >= 11 is 0. The summed E-state index contributed by atoms with van der Waals surface area (Å²) in [5.74, 6) is 0. The van der Waals surface area contributed by atoms with Crippen LogP contribution in [0.1, 0.15) is 25.1 Å². The minimum atomic E-state index is 0.228. The van der Waals surface area contributed by atoms with Crippen LogP contribution in [0.4, 0.5) is 0 Å². The summed E-state index contributed by atoms with van der Waals surface area (Å²) in [7, 11) is 4.20. The molecule has 18 heavy (non-hydrogen) atoms. The Balaban J connectivity index is 2.74. The minimum absolute atomic E-state index is 0.228. The smallest absolute Gasteiger partial charge is 0.0644 e. The molecule has 2 N–H and O–H groups in total. The summed E-state index contributed by atoms with van der Waals surface area (Å²) in [5, 5.41) is 0. The second-order valence-electron chi connectivity index (χ2n) is 4.85. The van der Waals surface area contributed by atoms with Crippen molar-refractivity contribution in [2.75, 3.05) is 40.3 Å². The molecule has 1 aromatic heterocycles. The third-order valence-electron chi connectivity index (χ3n) is 3.04. The Labute approximate surface area is 111 Å². The molecular weight excluding hydrogens is 224 g/mol. The standard InChI is InChI=1S/C14H26N4/c1-4-9-18(11-10-17(2)3)14(12-15)13-7-5-6-8-16-13/h5-8,14H,4,9-12,15H2,1-3H3. The molecule has 0 saturated heterocycles. The van der Waals surface area contributed by atoms with Gasteiger partial charge in [-0.1, -0.05) is 13.0 Å².